The van der Waals surface area contributed by atoms with Crippen molar-refractivity contribution in [3.63, 3.8) is 0 Å². The number of thiophene rings is 1. The van der Waals surface area contributed by atoms with Gasteiger partial charge in [0, 0.05) is 4.88 Å². The van der Waals surface area contributed by atoms with E-state index in [1.165, 1.54) is 12.1 Å². The molecule has 1 atom stereocenters. The third-order valence-electron chi connectivity index (χ3n) is 2.86. The molecule has 1 aromatic heterocycles. The topological polar surface area (TPSA) is 38.0 Å². The molecule has 0 saturated carbocycles. The Morgan fingerprint density at radius 3 is 2.25 bits per heavy atom. The zero-order valence-electron chi connectivity index (χ0n) is 10.2. The number of benzene rings is 1. The highest BCUT2D eigenvalue weighted by atomic mass is 79.9. The molecular weight excluding hydrogens is 353 g/mol. The van der Waals surface area contributed by atoms with Crippen LogP contribution in [0.15, 0.2) is 40.2 Å². The average molecular weight is 365 g/mol. The van der Waals surface area contributed by atoms with Crippen molar-refractivity contribution in [1.29, 1.82) is 0 Å². The monoisotopic (exact) mass is 364 g/mol. The number of nitrogens with two attached hydrogens (primary N) is 1. The molecule has 108 valence electrons. The Morgan fingerprint density at radius 2 is 1.80 bits per heavy atom. The first-order valence-electron chi connectivity index (χ1n) is 5.77. The maximum absolute atomic E-state index is 12.5. The number of nitrogens with one attached hydrogen (secondary N) is 1. The van der Waals surface area contributed by atoms with Crippen molar-refractivity contribution >= 4 is 27.3 Å². The van der Waals surface area contributed by atoms with Crippen molar-refractivity contribution < 1.29 is 13.2 Å². The number of hydrogen-bond acceptors (Lipinski definition) is 3. The van der Waals surface area contributed by atoms with Crippen LogP contribution in [0.3, 0.4) is 0 Å². The Kier molecular flexibility index (Phi) is 4.85. The number of hydrogen-bond donors (Lipinski definition) is 2. The van der Waals surface area contributed by atoms with Gasteiger partial charge >= 0.3 is 6.18 Å². The Balaban J connectivity index is 2.12. The molecule has 2 nitrogen and oxygen atoms in total. The van der Waals surface area contributed by atoms with E-state index in [1.54, 1.807) is 11.3 Å². The highest BCUT2D eigenvalue weighted by Gasteiger charge is 2.30. The zero-order chi connectivity index (χ0) is 14.8. The molecule has 20 heavy (non-hydrogen) atoms. The predicted molar refractivity (Wildman–Crippen MR) is 77.2 cm³/mol. The minimum Gasteiger partial charge on any atom is -0.271 e. The van der Waals surface area contributed by atoms with Gasteiger partial charge in [-0.15, -0.1) is 11.3 Å². The second-order valence-electron chi connectivity index (χ2n) is 4.26. The Labute approximate surface area is 126 Å². The van der Waals surface area contributed by atoms with Gasteiger partial charge in [0.2, 0.25) is 0 Å². The first kappa shape index (κ1) is 15.5. The van der Waals surface area contributed by atoms with Crippen LogP contribution in [0.1, 0.15) is 22.0 Å². The fourth-order valence-corrected chi connectivity index (χ4v) is 3.31. The van der Waals surface area contributed by atoms with Gasteiger partial charge < -0.3 is 0 Å². The van der Waals surface area contributed by atoms with E-state index in [1.807, 2.05) is 12.1 Å². The summed E-state index contributed by atoms with van der Waals surface area (Å²) in [6, 6.07) is 8.87. The SMILES string of the molecule is NNC(Cc1ccc(C(F)(F)F)cc1)c1ccc(Br)s1. The van der Waals surface area contributed by atoms with E-state index in [4.69, 9.17) is 5.84 Å². The van der Waals surface area contributed by atoms with Crippen molar-refractivity contribution in [2.45, 2.75) is 18.6 Å². The minimum absolute atomic E-state index is 0.122. The van der Waals surface area contributed by atoms with E-state index < -0.39 is 11.7 Å². The Hall–Kier alpha value is -0.890. The van der Waals surface area contributed by atoms with Gasteiger partial charge in [0.1, 0.15) is 0 Å². The summed E-state index contributed by atoms with van der Waals surface area (Å²) in [6.45, 7) is 0. The van der Waals surface area contributed by atoms with E-state index >= 15 is 0 Å². The molecule has 3 N–H and O–H groups in total. The lowest BCUT2D eigenvalue weighted by Crippen LogP contribution is -2.28. The van der Waals surface area contributed by atoms with E-state index in [0.717, 1.165) is 26.4 Å². The quantitative estimate of drug-likeness (QED) is 0.627. The molecule has 0 radical (unpaired) electrons. The first-order valence-corrected chi connectivity index (χ1v) is 7.38. The van der Waals surface area contributed by atoms with Gasteiger partial charge in [-0.2, -0.15) is 13.2 Å². The molecule has 0 aliphatic carbocycles. The third-order valence-corrected chi connectivity index (χ3v) is 4.60. The van der Waals surface area contributed by atoms with Crippen LogP contribution >= 0.6 is 27.3 Å². The molecule has 0 saturated heterocycles. The molecule has 1 aromatic carbocycles. The average Bonchev–Trinajstić information content (AvgIpc) is 2.82. The summed E-state index contributed by atoms with van der Waals surface area (Å²) in [6.07, 6.45) is -3.77. The largest absolute Gasteiger partial charge is 0.416 e. The molecule has 2 rings (SSSR count). The number of hydrazine groups is 1. The van der Waals surface area contributed by atoms with Gasteiger partial charge in [0.25, 0.3) is 0 Å². The van der Waals surface area contributed by atoms with Crippen LogP contribution in [0.25, 0.3) is 0 Å². The molecular formula is C13H12BrF3N2S. The molecule has 1 heterocycles. The molecule has 2 aromatic rings. The van der Waals surface area contributed by atoms with Crippen LogP contribution < -0.4 is 11.3 Å². The van der Waals surface area contributed by atoms with Crippen molar-refractivity contribution in [2.24, 2.45) is 5.84 Å². The van der Waals surface area contributed by atoms with Crippen molar-refractivity contribution in [2.75, 3.05) is 0 Å². The zero-order valence-corrected chi connectivity index (χ0v) is 12.6. The van der Waals surface area contributed by atoms with Crippen LogP contribution in [-0.4, -0.2) is 0 Å². The van der Waals surface area contributed by atoms with Crippen LogP contribution in [-0.2, 0) is 12.6 Å². The molecule has 1 unspecified atom stereocenters. The van der Waals surface area contributed by atoms with Crippen molar-refractivity contribution in [3.8, 4) is 0 Å². The summed E-state index contributed by atoms with van der Waals surface area (Å²) in [5, 5.41) is 0. The fourth-order valence-electron chi connectivity index (χ4n) is 1.82. The standard InChI is InChI=1S/C13H12BrF3N2S/c14-12-6-5-11(20-12)10(19-18)7-8-1-3-9(4-2-8)13(15,16)17/h1-6,10,19H,7,18H2. The second-order valence-corrected chi connectivity index (χ2v) is 6.75. The van der Waals surface area contributed by atoms with Gasteiger partial charge in [0.15, 0.2) is 0 Å². The molecule has 0 aliphatic heterocycles. The van der Waals surface area contributed by atoms with Gasteiger partial charge in [0.05, 0.1) is 15.4 Å². The minimum atomic E-state index is -4.30. The van der Waals surface area contributed by atoms with Crippen molar-refractivity contribution in [3.05, 3.63) is 56.2 Å². The third kappa shape index (κ3) is 3.82. The lowest BCUT2D eigenvalue weighted by molar-refractivity contribution is -0.137. The highest BCUT2D eigenvalue weighted by molar-refractivity contribution is 9.11. The fraction of sp³-hybridized carbons (Fsp3) is 0.231. The van der Waals surface area contributed by atoms with E-state index in [0.29, 0.717) is 6.42 Å². The lowest BCUT2D eigenvalue weighted by Gasteiger charge is -2.15. The summed E-state index contributed by atoms with van der Waals surface area (Å²) in [4.78, 5) is 1.03. The molecule has 0 spiro atoms. The van der Waals surface area contributed by atoms with Gasteiger partial charge in [-0.05, 0) is 52.2 Å². The maximum Gasteiger partial charge on any atom is 0.416 e. The second kappa shape index (κ2) is 6.26. The van der Waals surface area contributed by atoms with E-state index in [9.17, 15) is 13.2 Å². The Morgan fingerprint density at radius 1 is 1.15 bits per heavy atom. The molecule has 0 amide bonds. The highest BCUT2D eigenvalue weighted by Crippen LogP contribution is 2.31. The number of rotatable bonds is 4. The van der Waals surface area contributed by atoms with Crippen LogP contribution in [0, 0.1) is 0 Å². The van der Waals surface area contributed by atoms with Crippen molar-refractivity contribution in [1.82, 2.24) is 5.43 Å². The van der Waals surface area contributed by atoms with Crippen LogP contribution in [0.2, 0.25) is 0 Å². The lowest BCUT2D eigenvalue weighted by atomic mass is 10.0. The molecule has 0 aliphatic rings. The summed E-state index contributed by atoms with van der Waals surface area (Å²) < 4.78 is 38.4. The normalized spacial score (nSPS) is 13.4. The first-order chi connectivity index (χ1) is 9.40. The molecule has 7 heteroatoms. The molecule has 0 fully saturated rings. The van der Waals surface area contributed by atoms with Gasteiger partial charge in [-0.3, -0.25) is 11.3 Å². The summed E-state index contributed by atoms with van der Waals surface area (Å²) in [5.41, 5.74) is 2.85. The summed E-state index contributed by atoms with van der Waals surface area (Å²) in [7, 11) is 0. The van der Waals surface area contributed by atoms with E-state index in [-0.39, 0.29) is 6.04 Å². The van der Waals surface area contributed by atoms with Crippen LogP contribution in [0.4, 0.5) is 13.2 Å². The Bertz CT molecular complexity index is 566. The maximum atomic E-state index is 12.5. The van der Waals surface area contributed by atoms with Gasteiger partial charge in [-0.25, -0.2) is 0 Å². The summed E-state index contributed by atoms with van der Waals surface area (Å²) in [5.74, 6) is 5.52. The summed E-state index contributed by atoms with van der Waals surface area (Å²) >= 11 is 4.91. The molecule has 0 bridgehead atoms. The van der Waals surface area contributed by atoms with Crippen LogP contribution in [0.5, 0.6) is 0 Å². The van der Waals surface area contributed by atoms with Gasteiger partial charge in [-0.1, -0.05) is 12.1 Å². The number of halogens is 4. The van der Waals surface area contributed by atoms with E-state index in [2.05, 4.69) is 21.4 Å². The number of alkyl halides is 3. The predicted octanol–water partition coefficient (Wildman–Crippen LogP) is 4.28. The smallest absolute Gasteiger partial charge is 0.271 e.